The second kappa shape index (κ2) is 4.47. The normalized spacial score (nSPS) is 10.4. The van der Waals surface area contributed by atoms with Gasteiger partial charge in [-0.1, -0.05) is 5.21 Å². The van der Waals surface area contributed by atoms with Gasteiger partial charge in [0.25, 0.3) is 0 Å². The molecule has 0 amide bonds. The number of aryl methyl sites for hydroxylation is 1. The van der Waals surface area contributed by atoms with Gasteiger partial charge in [0.2, 0.25) is 0 Å². The molecule has 0 saturated carbocycles. The molecule has 0 fully saturated rings. The van der Waals surface area contributed by atoms with Crippen LogP contribution in [0.1, 0.15) is 16.1 Å². The molecule has 16 heavy (non-hydrogen) atoms. The SMILES string of the molecule is Cc1cc(Br)c(-n2cc(C=O)nn2)c(Br)c1. The van der Waals surface area contributed by atoms with Gasteiger partial charge in [0, 0.05) is 8.95 Å². The number of carbonyl (C=O) groups is 1. The van der Waals surface area contributed by atoms with Crippen LogP contribution in [-0.4, -0.2) is 21.3 Å². The van der Waals surface area contributed by atoms with Crippen molar-refractivity contribution in [2.24, 2.45) is 0 Å². The number of aldehydes is 1. The molecule has 82 valence electrons. The summed E-state index contributed by atoms with van der Waals surface area (Å²) >= 11 is 6.92. The van der Waals surface area contributed by atoms with E-state index >= 15 is 0 Å². The van der Waals surface area contributed by atoms with Crippen LogP contribution in [-0.2, 0) is 0 Å². The summed E-state index contributed by atoms with van der Waals surface area (Å²) < 4.78 is 3.33. The number of hydrogen-bond donors (Lipinski definition) is 0. The van der Waals surface area contributed by atoms with E-state index < -0.39 is 0 Å². The van der Waals surface area contributed by atoms with Gasteiger partial charge in [0.05, 0.1) is 11.9 Å². The lowest BCUT2D eigenvalue weighted by Crippen LogP contribution is -1.98. The van der Waals surface area contributed by atoms with E-state index in [1.165, 1.54) is 0 Å². The molecule has 0 aliphatic heterocycles. The summed E-state index contributed by atoms with van der Waals surface area (Å²) in [5.41, 5.74) is 2.25. The summed E-state index contributed by atoms with van der Waals surface area (Å²) in [5, 5.41) is 7.60. The van der Waals surface area contributed by atoms with Crippen LogP contribution in [0.4, 0.5) is 0 Å². The monoisotopic (exact) mass is 343 g/mol. The first-order chi connectivity index (χ1) is 7.61. The van der Waals surface area contributed by atoms with Crippen LogP contribution in [0.3, 0.4) is 0 Å². The molecule has 1 aromatic carbocycles. The third-order valence-electron chi connectivity index (χ3n) is 2.02. The molecule has 0 atom stereocenters. The molecule has 1 aromatic heterocycles. The van der Waals surface area contributed by atoms with Crippen LogP contribution in [0.15, 0.2) is 27.3 Å². The van der Waals surface area contributed by atoms with Crippen molar-refractivity contribution in [2.75, 3.05) is 0 Å². The first-order valence-electron chi connectivity index (χ1n) is 4.45. The van der Waals surface area contributed by atoms with E-state index in [4.69, 9.17) is 0 Å². The van der Waals surface area contributed by atoms with Crippen molar-refractivity contribution in [2.45, 2.75) is 6.92 Å². The van der Waals surface area contributed by atoms with E-state index in [1.807, 2.05) is 19.1 Å². The molecule has 0 spiro atoms. The van der Waals surface area contributed by atoms with Crippen molar-refractivity contribution in [1.82, 2.24) is 15.0 Å². The summed E-state index contributed by atoms with van der Waals surface area (Å²) in [7, 11) is 0. The molecular formula is C10H7Br2N3O. The Morgan fingerprint density at radius 2 is 1.94 bits per heavy atom. The Labute approximate surface area is 109 Å². The Balaban J connectivity index is 2.59. The Bertz CT molecular complexity index is 528. The van der Waals surface area contributed by atoms with E-state index in [9.17, 15) is 4.79 Å². The van der Waals surface area contributed by atoms with Gasteiger partial charge in [0.15, 0.2) is 6.29 Å². The van der Waals surface area contributed by atoms with Crippen LogP contribution < -0.4 is 0 Å². The quantitative estimate of drug-likeness (QED) is 0.787. The van der Waals surface area contributed by atoms with E-state index in [2.05, 4.69) is 42.2 Å². The Hall–Kier alpha value is -1.01. The van der Waals surface area contributed by atoms with Crippen LogP contribution in [0.5, 0.6) is 0 Å². The minimum absolute atomic E-state index is 0.305. The molecule has 6 heteroatoms. The summed E-state index contributed by atoms with van der Waals surface area (Å²) in [6.07, 6.45) is 2.24. The van der Waals surface area contributed by atoms with Crippen LogP contribution in [0, 0.1) is 6.92 Å². The largest absolute Gasteiger partial charge is 0.296 e. The minimum atomic E-state index is 0.305. The lowest BCUT2D eigenvalue weighted by molar-refractivity contribution is 0.111. The molecule has 4 nitrogen and oxygen atoms in total. The lowest BCUT2D eigenvalue weighted by atomic mass is 10.2. The van der Waals surface area contributed by atoms with E-state index in [0.29, 0.717) is 12.0 Å². The number of halogens is 2. The second-order valence-electron chi connectivity index (χ2n) is 3.28. The first kappa shape index (κ1) is 11.5. The van der Waals surface area contributed by atoms with Gasteiger partial charge in [-0.15, -0.1) is 5.10 Å². The van der Waals surface area contributed by atoms with E-state index in [1.54, 1.807) is 10.9 Å². The Morgan fingerprint density at radius 3 is 2.44 bits per heavy atom. The Kier molecular flexibility index (Phi) is 3.20. The van der Waals surface area contributed by atoms with E-state index in [-0.39, 0.29) is 0 Å². The molecule has 0 N–H and O–H groups in total. The fraction of sp³-hybridized carbons (Fsp3) is 0.100. The number of hydrogen-bond acceptors (Lipinski definition) is 3. The standard InChI is InChI=1S/C10H7Br2N3O/c1-6-2-8(11)10(9(12)3-6)15-4-7(5-16)13-14-15/h2-5H,1H3. The van der Waals surface area contributed by atoms with Crippen LogP contribution in [0.25, 0.3) is 5.69 Å². The fourth-order valence-electron chi connectivity index (χ4n) is 1.35. The summed E-state index contributed by atoms with van der Waals surface area (Å²) in [4.78, 5) is 10.5. The van der Waals surface area contributed by atoms with Gasteiger partial charge in [0.1, 0.15) is 5.69 Å². The van der Waals surface area contributed by atoms with Crippen LogP contribution in [0.2, 0.25) is 0 Å². The van der Waals surface area contributed by atoms with Crippen molar-refractivity contribution in [3.8, 4) is 5.69 Å². The van der Waals surface area contributed by atoms with Crippen molar-refractivity contribution in [3.05, 3.63) is 38.5 Å². The molecule has 0 bridgehead atoms. The predicted molar refractivity (Wildman–Crippen MR) is 66.9 cm³/mol. The highest BCUT2D eigenvalue weighted by atomic mass is 79.9. The van der Waals surface area contributed by atoms with Crippen molar-refractivity contribution < 1.29 is 4.79 Å². The van der Waals surface area contributed by atoms with Crippen molar-refractivity contribution in [3.63, 3.8) is 0 Å². The van der Waals surface area contributed by atoms with Gasteiger partial charge >= 0.3 is 0 Å². The molecule has 1 heterocycles. The molecule has 0 unspecified atom stereocenters. The highest BCUT2D eigenvalue weighted by Gasteiger charge is 2.10. The number of carbonyl (C=O) groups excluding carboxylic acids is 1. The maximum absolute atomic E-state index is 10.5. The molecule has 0 aliphatic carbocycles. The predicted octanol–water partition coefficient (Wildman–Crippen LogP) is 2.91. The van der Waals surface area contributed by atoms with Gasteiger partial charge in [-0.3, -0.25) is 4.79 Å². The molecule has 0 radical (unpaired) electrons. The maximum atomic E-state index is 10.5. The van der Waals surface area contributed by atoms with Gasteiger partial charge in [-0.05, 0) is 56.5 Å². The number of nitrogens with zero attached hydrogens (tertiary/aromatic N) is 3. The molecule has 0 aliphatic rings. The molecule has 0 saturated heterocycles. The number of rotatable bonds is 2. The van der Waals surface area contributed by atoms with Gasteiger partial charge < -0.3 is 0 Å². The maximum Gasteiger partial charge on any atom is 0.171 e. The van der Waals surface area contributed by atoms with Crippen molar-refractivity contribution in [1.29, 1.82) is 0 Å². The topological polar surface area (TPSA) is 47.8 Å². The van der Waals surface area contributed by atoms with Gasteiger partial charge in [-0.25, -0.2) is 4.68 Å². The second-order valence-corrected chi connectivity index (χ2v) is 4.99. The van der Waals surface area contributed by atoms with Gasteiger partial charge in [-0.2, -0.15) is 0 Å². The number of benzene rings is 1. The molecule has 2 rings (SSSR count). The zero-order valence-electron chi connectivity index (χ0n) is 8.32. The third-order valence-corrected chi connectivity index (χ3v) is 3.23. The zero-order chi connectivity index (χ0) is 11.7. The average Bonchev–Trinajstić information content (AvgIpc) is 2.64. The Morgan fingerprint density at radius 1 is 1.31 bits per heavy atom. The zero-order valence-corrected chi connectivity index (χ0v) is 11.5. The van der Waals surface area contributed by atoms with E-state index in [0.717, 1.165) is 20.2 Å². The highest BCUT2D eigenvalue weighted by molar-refractivity contribution is 9.11. The minimum Gasteiger partial charge on any atom is -0.296 e. The first-order valence-corrected chi connectivity index (χ1v) is 6.04. The molecule has 2 aromatic rings. The third kappa shape index (κ3) is 2.08. The molecular weight excluding hydrogens is 338 g/mol. The highest BCUT2D eigenvalue weighted by Crippen LogP contribution is 2.30. The smallest absolute Gasteiger partial charge is 0.171 e. The van der Waals surface area contributed by atoms with Crippen LogP contribution >= 0.6 is 31.9 Å². The van der Waals surface area contributed by atoms with Crippen molar-refractivity contribution >= 4 is 38.1 Å². The summed E-state index contributed by atoms with van der Waals surface area (Å²) in [6.45, 7) is 2.00. The summed E-state index contributed by atoms with van der Waals surface area (Å²) in [5.74, 6) is 0. The lowest BCUT2D eigenvalue weighted by Gasteiger charge is -2.07. The number of aromatic nitrogens is 3. The fourth-order valence-corrected chi connectivity index (χ4v) is 3.13. The average molecular weight is 345 g/mol. The summed E-state index contributed by atoms with van der Waals surface area (Å²) in [6, 6.07) is 3.95.